The number of nitrogens with one attached hydrogen (secondary N) is 1. The molecule has 0 aliphatic heterocycles. The molecule has 0 heterocycles. The van der Waals surface area contributed by atoms with Crippen molar-refractivity contribution >= 4 is 11.8 Å². The molecule has 0 aliphatic carbocycles. The summed E-state index contributed by atoms with van der Waals surface area (Å²) >= 11 is 5.38. The summed E-state index contributed by atoms with van der Waals surface area (Å²) in [6.45, 7) is 1.78. The summed E-state index contributed by atoms with van der Waals surface area (Å²) in [5.74, 6) is -0.423. The van der Waals surface area contributed by atoms with E-state index in [0.717, 1.165) is 0 Å². The van der Waals surface area contributed by atoms with Crippen molar-refractivity contribution in [2.24, 2.45) is 0 Å². The van der Waals surface area contributed by atoms with Gasteiger partial charge in [0, 0.05) is 6.04 Å². The highest BCUT2D eigenvalue weighted by molar-refractivity contribution is 6.13. The van der Waals surface area contributed by atoms with Gasteiger partial charge in [-0.15, -0.1) is 0 Å². The Labute approximate surface area is 81.0 Å². The van der Waals surface area contributed by atoms with E-state index in [1.54, 1.807) is 13.0 Å². The molecule has 1 atom stereocenters. The Morgan fingerprint density at radius 3 is 2.77 bits per heavy atom. The van der Waals surface area contributed by atoms with E-state index in [9.17, 15) is 4.39 Å². The van der Waals surface area contributed by atoms with Gasteiger partial charge in [0.1, 0.15) is 5.82 Å². The lowest BCUT2D eigenvalue weighted by atomic mass is 10.1. The highest BCUT2D eigenvalue weighted by atomic mass is 35.5. The van der Waals surface area contributed by atoms with Crippen LogP contribution in [0.1, 0.15) is 24.1 Å². The minimum absolute atomic E-state index is 0.176. The van der Waals surface area contributed by atoms with E-state index in [0.29, 0.717) is 11.1 Å². The normalized spacial score (nSPS) is 12.2. The fraction of sp³-hybridized carbons (Fsp3) is 0.222. The van der Waals surface area contributed by atoms with Gasteiger partial charge in [0.05, 0.1) is 11.6 Å². The van der Waals surface area contributed by atoms with Crippen molar-refractivity contribution in [3.63, 3.8) is 0 Å². The average molecular weight is 199 g/mol. The van der Waals surface area contributed by atoms with Crippen LogP contribution in [-0.2, 0) is 0 Å². The van der Waals surface area contributed by atoms with Gasteiger partial charge in [-0.25, -0.2) is 9.23 Å². The van der Waals surface area contributed by atoms with Gasteiger partial charge in [0.25, 0.3) is 0 Å². The summed E-state index contributed by atoms with van der Waals surface area (Å²) < 4.78 is 12.9. The molecule has 0 aromatic heterocycles. The molecule has 0 bridgehead atoms. The van der Waals surface area contributed by atoms with Crippen molar-refractivity contribution in [2.45, 2.75) is 13.0 Å². The van der Waals surface area contributed by atoms with Crippen LogP contribution in [0.25, 0.3) is 0 Å². The van der Waals surface area contributed by atoms with Crippen molar-refractivity contribution in [3.8, 4) is 6.07 Å². The van der Waals surface area contributed by atoms with E-state index >= 15 is 0 Å². The highest BCUT2D eigenvalue weighted by Gasteiger charge is 2.06. The quantitative estimate of drug-likeness (QED) is 0.742. The smallest absolute Gasteiger partial charge is 0.124 e. The number of hydrogen-bond acceptors (Lipinski definition) is 2. The van der Waals surface area contributed by atoms with E-state index in [1.807, 2.05) is 6.07 Å². The predicted octanol–water partition coefficient (Wildman–Crippen LogP) is 2.50. The lowest BCUT2D eigenvalue weighted by Gasteiger charge is -2.08. The maximum Gasteiger partial charge on any atom is 0.124 e. The van der Waals surface area contributed by atoms with Gasteiger partial charge in [-0.2, -0.15) is 5.26 Å². The second-order valence-electron chi connectivity index (χ2n) is 2.72. The second-order valence-corrected chi connectivity index (χ2v) is 2.93. The van der Waals surface area contributed by atoms with Gasteiger partial charge in [-0.3, -0.25) is 0 Å². The first-order valence-corrected chi connectivity index (χ1v) is 4.12. The van der Waals surface area contributed by atoms with E-state index in [2.05, 4.69) is 4.84 Å². The van der Waals surface area contributed by atoms with Gasteiger partial charge in [0.2, 0.25) is 0 Å². The van der Waals surface area contributed by atoms with Crippen LogP contribution in [0, 0.1) is 17.1 Å². The summed E-state index contributed by atoms with van der Waals surface area (Å²) in [6, 6.07) is 5.83. The zero-order valence-electron chi connectivity index (χ0n) is 7.01. The van der Waals surface area contributed by atoms with E-state index in [-0.39, 0.29) is 6.04 Å². The van der Waals surface area contributed by atoms with E-state index in [4.69, 9.17) is 17.0 Å². The maximum atomic E-state index is 12.9. The number of rotatable bonds is 2. The third kappa shape index (κ3) is 2.41. The largest absolute Gasteiger partial charge is 0.226 e. The van der Waals surface area contributed by atoms with Gasteiger partial charge >= 0.3 is 0 Å². The minimum Gasteiger partial charge on any atom is -0.226 e. The van der Waals surface area contributed by atoms with Crippen LogP contribution in [0.2, 0.25) is 0 Å². The van der Waals surface area contributed by atoms with Gasteiger partial charge < -0.3 is 0 Å². The molecule has 4 heteroatoms. The van der Waals surface area contributed by atoms with Crippen LogP contribution < -0.4 is 4.84 Å². The van der Waals surface area contributed by atoms with E-state index in [1.165, 1.54) is 12.1 Å². The first-order valence-electron chi connectivity index (χ1n) is 3.74. The zero-order valence-corrected chi connectivity index (χ0v) is 7.77. The summed E-state index contributed by atoms with van der Waals surface area (Å²) in [4.78, 5) is 2.46. The van der Waals surface area contributed by atoms with Crippen LogP contribution in [0.4, 0.5) is 4.39 Å². The van der Waals surface area contributed by atoms with Crippen LogP contribution in [0.15, 0.2) is 18.2 Å². The number of benzene rings is 1. The average Bonchev–Trinajstić information content (AvgIpc) is 2.15. The number of nitriles is 1. The molecule has 0 saturated carbocycles. The topological polar surface area (TPSA) is 35.8 Å². The van der Waals surface area contributed by atoms with Crippen molar-refractivity contribution in [2.75, 3.05) is 0 Å². The molecule has 0 aliphatic rings. The predicted molar refractivity (Wildman–Crippen MR) is 48.5 cm³/mol. The standard InChI is InChI=1S/C9H8ClFN2/c1-6(13-10)8-2-7(5-12)3-9(11)4-8/h2-4,6,13H,1H3/t6-/m0/s1. The first-order chi connectivity index (χ1) is 6.17. The summed E-state index contributed by atoms with van der Waals surface area (Å²) in [5.41, 5.74) is 0.959. The minimum atomic E-state index is -0.423. The number of nitrogens with zero attached hydrogens (tertiary/aromatic N) is 1. The highest BCUT2D eigenvalue weighted by Crippen LogP contribution is 2.16. The third-order valence-electron chi connectivity index (χ3n) is 1.71. The molecule has 0 fully saturated rings. The molecule has 0 saturated heterocycles. The van der Waals surface area contributed by atoms with Crippen LogP contribution in [0.5, 0.6) is 0 Å². The molecule has 0 amide bonds. The van der Waals surface area contributed by atoms with Crippen molar-refractivity contribution in [1.82, 2.24) is 4.84 Å². The summed E-state index contributed by atoms with van der Waals surface area (Å²) in [6.07, 6.45) is 0. The molecule has 0 spiro atoms. The Morgan fingerprint density at radius 2 is 2.23 bits per heavy atom. The lowest BCUT2D eigenvalue weighted by molar-refractivity contribution is 0.619. The second kappa shape index (κ2) is 4.22. The Kier molecular flexibility index (Phi) is 3.24. The van der Waals surface area contributed by atoms with E-state index < -0.39 is 5.82 Å². The molecule has 1 N–H and O–H groups in total. The molecule has 0 radical (unpaired) electrons. The molecular formula is C9H8ClFN2. The molecular weight excluding hydrogens is 191 g/mol. The van der Waals surface area contributed by atoms with Gasteiger partial charge in [-0.05, 0) is 42.5 Å². The van der Waals surface area contributed by atoms with Crippen LogP contribution >= 0.6 is 11.8 Å². The Hall–Kier alpha value is -1.11. The molecule has 0 unspecified atom stereocenters. The lowest BCUT2D eigenvalue weighted by Crippen LogP contribution is -2.07. The molecule has 13 heavy (non-hydrogen) atoms. The molecule has 1 aromatic rings. The van der Waals surface area contributed by atoms with Crippen LogP contribution in [-0.4, -0.2) is 0 Å². The molecule has 1 aromatic carbocycles. The first kappa shape index (κ1) is 9.97. The fourth-order valence-corrected chi connectivity index (χ4v) is 1.12. The van der Waals surface area contributed by atoms with Crippen LogP contribution in [0.3, 0.4) is 0 Å². The maximum absolute atomic E-state index is 12.9. The number of hydrogen-bond donors (Lipinski definition) is 1. The Bertz CT molecular complexity index is 346. The van der Waals surface area contributed by atoms with Crippen molar-refractivity contribution in [1.29, 1.82) is 5.26 Å². The Balaban J connectivity index is 3.10. The zero-order chi connectivity index (χ0) is 9.84. The van der Waals surface area contributed by atoms with Crippen molar-refractivity contribution < 1.29 is 4.39 Å². The van der Waals surface area contributed by atoms with Crippen molar-refractivity contribution in [3.05, 3.63) is 35.1 Å². The van der Waals surface area contributed by atoms with Gasteiger partial charge in [-0.1, -0.05) is 0 Å². The molecule has 1 rings (SSSR count). The summed E-state index contributed by atoms with van der Waals surface area (Å²) in [5, 5.41) is 8.57. The fourth-order valence-electron chi connectivity index (χ4n) is 0.990. The number of halogens is 2. The third-order valence-corrected chi connectivity index (χ3v) is 2.04. The monoisotopic (exact) mass is 198 g/mol. The Morgan fingerprint density at radius 1 is 1.54 bits per heavy atom. The SMILES string of the molecule is C[C@H](NCl)c1cc(F)cc(C#N)c1. The molecule has 68 valence electrons. The molecule has 2 nitrogen and oxygen atoms in total. The summed E-state index contributed by atoms with van der Waals surface area (Å²) in [7, 11) is 0. The van der Waals surface area contributed by atoms with Gasteiger partial charge in [0.15, 0.2) is 0 Å².